The molecule has 0 saturated carbocycles. The standard InChI is InChI=1S/C5H20O3Si5/c1-10(6)11(7)13(4,5)12(2,3)8-9/h6,10H,1-5,9H3. The summed E-state index contributed by atoms with van der Waals surface area (Å²) in [5.74, 6) is 0. The predicted octanol–water partition coefficient (Wildman–Crippen LogP) is -0.800. The Morgan fingerprint density at radius 1 is 1.38 bits per heavy atom. The fourth-order valence-corrected chi connectivity index (χ4v) is 46.8. The van der Waals surface area contributed by atoms with Crippen molar-refractivity contribution in [1.29, 1.82) is 0 Å². The second kappa shape index (κ2) is 4.55. The molecule has 0 aliphatic heterocycles. The highest BCUT2D eigenvalue weighted by atomic mass is 29.8. The molecular formula is C5H20O3Si5. The lowest BCUT2D eigenvalue weighted by atomic mass is 11.9. The Kier molecular flexibility index (Phi) is 4.83. The lowest BCUT2D eigenvalue weighted by molar-refractivity contribution is 0.557. The Balaban J connectivity index is 4.85. The summed E-state index contributed by atoms with van der Waals surface area (Å²) in [6, 6.07) is 0. The third kappa shape index (κ3) is 2.87. The van der Waals surface area contributed by atoms with Crippen LogP contribution in [0.5, 0.6) is 0 Å². The molecule has 1 N–H and O–H groups in total. The van der Waals surface area contributed by atoms with Crippen molar-refractivity contribution >= 4 is 41.7 Å². The molecule has 0 rings (SSSR count). The molecule has 78 valence electrons. The van der Waals surface area contributed by atoms with E-state index in [0.717, 1.165) is 10.5 Å². The van der Waals surface area contributed by atoms with Crippen LogP contribution in [0.4, 0.5) is 0 Å². The van der Waals surface area contributed by atoms with E-state index in [1.165, 1.54) is 0 Å². The van der Waals surface area contributed by atoms with Gasteiger partial charge in [-0.25, -0.2) is 0 Å². The van der Waals surface area contributed by atoms with Crippen molar-refractivity contribution in [3.8, 4) is 0 Å². The van der Waals surface area contributed by atoms with Crippen molar-refractivity contribution in [2.45, 2.75) is 32.7 Å². The second-order valence-corrected chi connectivity index (χ2v) is 34.3. The second-order valence-electron chi connectivity index (χ2n) is 4.38. The quantitative estimate of drug-likeness (QED) is 0.679. The number of hydrogen-bond donors (Lipinski definition) is 1. The van der Waals surface area contributed by atoms with Gasteiger partial charge in [-0.3, -0.25) is 0 Å². The molecule has 0 heterocycles. The normalized spacial score (nSPS) is 15.8. The van der Waals surface area contributed by atoms with Crippen LogP contribution >= 0.6 is 0 Å². The summed E-state index contributed by atoms with van der Waals surface area (Å²) in [6.07, 6.45) is 0. The smallest absolute Gasteiger partial charge is 0.265 e. The van der Waals surface area contributed by atoms with E-state index in [-0.39, 0.29) is 0 Å². The average molecular weight is 269 g/mol. The first-order valence-corrected chi connectivity index (χ1v) is 18.1. The summed E-state index contributed by atoms with van der Waals surface area (Å²) in [7, 11) is -6.42. The monoisotopic (exact) mass is 268 g/mol. The molecule has 3 nitrogen and oxygen atoms in total. The van der Waals surface area contributed by atoms with Gasteiger partial charge in [-0.2, -0.15) is 0 Å². The van der Waals surface area contributed by atoms with E-state index in [1.54, 1.807) is 6.55 Å². The molecule has 13 heavy (non-hydrogen) atoms. The minimum Gasteiger partial charge on any atom is -0.465 e. The van der Waals surface area contributed by atoms with Crippen LogP contribution in [-0.4, -0.2) is 46.5 Å². The first-order valence-electron chi connectivity index (χ1n) is 4.44. The lowest BCUT2D eigenvalue weighted by Crippen LogP contribution is -2.66. The molecule has 0 radical (unpaired) electrons. The first-order chi connectivity index (χ1) is 5.66. The molecule has 1 unspecified atom stereocenters. The minimum absolute atomic E-state index is 0.728. The Bertz CT molecular complexity index is 202. The van der Waals surface area contributed by atoms with E-state index in [1.807, 2.05) is 0 Å². The van der Waals surface area contributed by atoms with E-state index in [4.69, 9.17) is 4.12 Å². The average Bonchev–Trinajstić information content (AvgIpc) is 2.02. The van der Waals surface area contributed by atoms with E-state index in [9.17, 15) is 9.26 Å². The molecule has 0 amide bonds. The zero-order valence-corrected chi connectivity index (χ0v) is 15.5. The van der Waals surface area contributed by atoms with Crippen molar-refractivity contribution in [3.05, 3.63) is 0 Å². The molecule has 0 aromatic carbocycles. The van der Waals surface area contributed by atoms with Crippen LogP contribution in [0, 0.1) is 0 Å². The highest BCUT2D eigenvalue weighted by Gasteiger charge is 2.50. The molecule has 8 heteroatoms. The molecule has 1 atom stereocenters. The van der Waals surface area contributed by atoms with Gasteiger partial charge in [0.25, 0.3) is 7.72 Å². The lowest BCUT2D eigenvalue weighted by Gasteiger charge is -2.35. The summed E-state index contributed by atoms with van der Waals surface area (Å²) in [5.41, 5.74) is 0. The van der Waals surface area contributed by atoms with Gasteiger partial charge in [-0.1, -0.05) is 13.1 Å². The molecule has 0 bridgehead atoms. The van der Waals surface area contributed by atoms with Gasteiger partial charge in [0.2, 0.25) is 8.56 Å². The van der Waals surface area contributed by atoms with Crippen molar-refractivity contribution in [2.24, 2.45) is 0 Å². The Morgan fingerprint density at radius 3 is 2.00 bits per heavy atom. The molecule has 0 aromatic heterocycles. The van der Waals surface area contributed by atoms with E-state index < -0.39 is 31.2 Å². The van der Waals surface area contributed by atoms with Gasteiger partial charge in [0.15, 0.2) is 7.83 Å². The molecular weight excluding hydrogens is 248 g/mol. The van der Waals surface area contributed by atoms with Crippen LogP contribution in [0.3, 0.4) is 0 Å². The van der Waals surface area contributed by atoms with Crippen molar-refractivity contribution in [1.82, 2.24) is 0 Å². The summed E-state index contributed by atoms with van der Waals surface area (Å²) < 4.78 is 17.6. The van der Waals surface area contributed by atoms with Crippen LogP contribution < -0.4 is 0 Å². The number of rotatable bonds is 4. The SMILES string of the molecule is C[SiH](O)[Si](=O)[Si](C)(C)[Si](C)(C)O[SiH3]. The zero-order chi connectivity index (χ0) is 10.9. The third-order valence-electron chi connectivity index (χ3n) is 3.01. The van der Waals surface area contributed by atoms with Gasteiger partial charge < -0.3 is 13.4 Å². The minimum atomic E-state index is -1.93. The van der Waals surface area contributed by atoms with Crippen molar-refractivity contribution < 1.29 is 13.4 Å². The maximum atomic E-state index is 12.0. The largest absolute Gasteiger partial charge is 0.465 e. The Morgan fingerprint density at radius 2 is 1.77 bits per heavy atom. The maximum Gasteiger partial charge on any atom is 0.265 e. The highest BCUT2D eigenvalue weighted by Crippen LogP contribution is 2.19. The van der Waals surface area contributed by atoms with Gasteiger partial charge in [-0.15, -0.1) is 0 Å². The zero-order valence-electron chi connectivity index (χ0n) is 9.34. The summed E-state index contributed by atoms with van der Waals surface area (Å²) in [5, 5.41) is 0. The molecule has 0 saturated heterocycles. The first kappa shape index (κ1) is 13.8. The summed E-state index contributed by atoms with van der Waals surface area (Å²) in [4.78, 5) is 9.50. The highest BCUT2D eigenvalue weighted by molar-refractivity contribution is 7.69. The van der Waals surface area contributed by atoms with Crippen LogP contribution in [0.2, 0.25) is 32.7 Å². The molecule has 0 aliphatic carbocycles. The Labute approximate surface area is 88.0 Å². The summed E-state index contributed by atoms with van der Waals surface area (Å²) >= 11 is 0. The van der Waals surface area contributed by atoms with E-state index in [2.05, 4.69) is 26.2 Å². The van der Waals surface area contributed by atoms with E-state index >= 15 is 0 Å². The fourth-order valence-electron chi connectivity index (χ4n) is 1.07. The van der Waals surface area contributed by atoms with Gasteiger partial charge in [0.1, 0.15) is 17.6 Å². The molecule has 0 fully saturated rings. The van der Waals surface area contributed by atoms with Crippen LogP contribution in [-0.2, 0) is 8.58 Å². The maximum absolute atomic E-state index is 12.0. The van der Waals surface area contributed by atoms with E-state index in [0.29, 0.717) is 0 Å². The van der Waals surface area contributed by atoms with Crippen molar-refractivity contribution in [2.75, 3.05) is 0 Å². The predicted molar refractivity (Wildman–Crippen MR) is 67.7 cm³/mol. The van der Waals surface area contributed by atoms with Crippen molar-refractivity contribution in [3.63, 3.8) is 0 Å². The van der Waals surface area contributed by atoms with Gasteiger partial charge in [-0.05, 0) is 19.6 Å². The number of hydrogen-bond acceptors (Lipinski definition) is 3. The van der Waals surface area contributed by atoms with Crippen LogP contribution in [0.25, 0.3) is 0 Å². The molecule has 0 spiro atoms. The summed E-state index contributed by atoms with van der Waals surface area (Å²) in [6.45, 7) is 10.3. The molecule has 0 aromatic rings. The van der Waals surface area contributed by atoms with Gasteiger partial charge in [0, 0.05) is 0 Å². The third-order valence-corrected chi connectivity index (χ3v) is 49.4. The van der Waals surface area contributed by atoms with Crippen LogP contribution in [0.15, 0.2) is 0 Å². The van der Waals surface area contributed by atoms with Gasteiger partial charge in [0.05, 0.1) is 0 Å². The topological polar surface area (TPSA) is 46.5 Å². The fraction of sp³-hybridized carbons (Fsp3) is 1.00. The Hall–Kier alpha value is 0.804. The van der Waals surface area contributed by atoms with Gasteiger partial charge >= 0.3 is 0 Å². The molecule has 0 aliphatic rings. The van der Waals surface area contributed by atoms with Crippen LogP contribution in [0.1, 0.15) is 0 Å².